The summed E-state index contributed by atoms with van der Waals surface area (Å²) >= 11 is 0. The van der Waals surface area contributed by atoms with Crippen LogP contribution in [0.3, 0.4) is 0 Å². The first-order valence-electron chi connectivity index (χ1n) is 7.85. The van der Waals surface area contributed by atoms with Gasteiger partial charge in [-0.3, -0.25) is 10.3 Å². The van der Waals surface area contributed by atoms with Gasteiger partial charge in [0, 0.05) is 48.3 Å². The molecule has 0 spiro atoms. The van der Waals surface area contributed by atoms with Crippen molar-refractivity contribution < 1.29 is 4.79 Å². The highest BCUT2D eigenvalue weighted by atomic mass is 16.2. The number of nitrogens with zero attached hydrogens (tertiary/aromatic N) is 3. The number of urea groups is 1. The monoisotopic (exact) mass is 337 g/mol. The number of rotatable bonds is 5. The number of nitrogens with two attached hydrogens (primary N) is 1. The van der Waals surface area contributed by atoms with Gasteiger partial charge in [-0.25, -0.2) is 9.78 Å². The number of nitrogens with one attached hydrogen (secondary N) is 3. The minimum atomic E-state index is -0.413. The Morgan fingerprint density at radius 1 is 1.12 bits per heavy atom. The average Bonchev–Trinajstić information content (AvgIpc) is 2.59. The first-order chi connectivity index (χ1) is 12.1. The number of fused-ring (bicyclic) bond motifs is 1. The van der Waals surface area contributed by atoms with E-state index in [9.17, 15) is 4.79 Å². The molecule has 2 aromatic heterocycles. The second-order valence-electron chi connectivity index (χ2n) is 5.45. The van der Waals surface area contributed by atoms with Crippen LogP contribution in [0.25, 0.3) is 10.8 Å². The van der Waals surface area contributed by atoms with E-state index in [1.54, 1.807) is 18.5 Å². The lowest BCUT2D eigenvalue weighted by atomic mass is 10.1. The molecule has 5 N–H and O–H groups in total. The van der Waals surface area contributed by atoms with Crippen LogP contribution in [0.5, 0.6) is 0 Å². The van der Waals surface area contributed by atoms with Gasteiger partial charge in [0.2, 0.25) is 5.95 Å². The molecular formula is C17H19N7O. The molecule has 25 heavy (non-hydrogen) atoms. The fourth-order valence-electron chi connectivity index (χ4n) is 2.34. The number of carbonyl (C=O) groups is 1. The third-order valence-electron chi connectivity index (χ3n) is 3.43. The highest BCUT2D eigenvalue weighted by Gasteiger charge is 2.07. The number of benzene rings is 1. The van der Waals surface area contributed by atoms with Crippen LogP contribution in [0.4, 0.5) is 22.2 Å². The molecule has 0 aliphatic heterocycles. The molecule has 0 atom stereocenters. The molecular weight excluding hydrogens is 318 g/mol. The molecule has 0 unspecified atom stereocenters. The molecule has 0 bridgehead atoms. The fourth-order valence-corrected chi connectivity index (χ4v) is 2.34. The molecule has 3 rings (SSSR count). The van der Waals surface area contributed by atoms with Crippen LogP contribution in [0.1, 0.15) is 5.69 Å². The second-order valence-corrected chi connectivity index (χ2v) is 5.45. The Morgan fingerprint density at radius 3 is 2.84 bits per heavy atom. The van der Waals surface area contributed by atoms with Crippen molar-refractivity contribution in [3.63, 3.8) is 0 Å². The number of anilines is 3. The third kappa shape index (κ3) is 4.39. The maximum absolute atomic E-state index is 12.2. The lowest BCUT2D eigenvalue weighted by Crippen LogP contribution is -2.22. The van der Waals surface area contributed by atoms with E-state index >= 15 is 0 Å². The topological polar surface area (TPSA) is 118 Å². The number of pyridine rings is 1. The number of aryl methyl sites for hydroxylation is 1. The second kappa shape index (κ2) is 7.54. The molecule has 8 nitrogen and oxygen atoms in total. The predicted molar refractivity (Wildman–Crippen MR) is 98.7 cm³/mol. The molecule has 0 fully saturated rings. The van der Waals surface area contributed by atoms with Gasteiger partial charge in [0.1, 0.15) is 5.82 Å². The Kier molecular flexibility index (Phi) is 5.00. The lowest BCUT2D eigenvalue weighted by molar-refractivity contribution is 0.262. The van der Waals surface area contributed by atoms with Crippen molar-refractivity contribution in [3.05, 3.63) is 48.4 Å². The van der Waals surface area contributed by atoms with Crippen molar-refractivity contribution in [3.8, 4) is 0 Å². The van der Waals surface area contributed by atoms with Crippen molar-refractivity contribution in [1.82, 2.24) is 15.0 Å². The van der Waals surface area contributed by atoms with E-state index in [1.165, 1.54) is 0 Å². The summed E-state index contributed by atoms with van der Waals surface area (Å²) in [4.78, 5) is 24.7. The molecule has 0 aliphatic rings. The van der Waals surface area contributed by atoms with Crippen LogP contribution < -0.4 is 21.7 Å². The first-order valence-corrected chi connectivity index (χ1v) is 7.85. The molecule has 0 radical (unpaired) electrons. The Labute approximate surface area is 144 Å². The highest BCUT2D eigenvalue weighted by Crippen LogP contribution is 2.18. The normalized spacial score (nSPS) is 10.5. The average molecular weight is 337 g/mol. The van der Waals surface area contributed by atoms with Gasteiger partial charge in [0.25, 0.3) is 0 Å². The summed E-state index contributed by atoms with van der Waals surface area (Å²) in [5.41, 5.74) is 6.88. The van der Waals surface area contributed by atoms with Crippen molar-refractivity contribution in [2.24, 2.45) is 5.73 Å². The number of hydrogen-bond donors (Lipinski definition) is 4. The summed E-state index contributed by atoms with van der Waals surface area (Å²) in [5, 5.41) is 10.5. The van der Waals surface area contributed by atoms with Gasteiger partial charge >= 0.3 is 6.03 Å². The number of amides is 2. The van der Waals surface area contributed by atoms with Gasteiger partial charge in [-0.2, -0.15) is 4.98 Å². The Bertz CT molecular complexity index is 897. The molecule has 1 aromatic carbocycles. The molecule has 0 saturated heterocycles. The van der Waals surface area contributed by atoms with E-state index < -0.39 is 6.03 Å². The first kappa shape index (κ1) is 16.6. The molecule has 128 valence electrons. The minimum Gasteiger partial charge on any atom is -0.369 e. The standard InChI is InChI=1S/C17H19N7O/c1-11-8-15(20-7-5-18)23-16(21-11)24-17(25)22-14-3-2-13-10-19-6-4-12(13)9-14/h2-4,6,8-10H,5,7,18H2,1H3,(H3,20,21,22,23,24,25). The Hall–Kier alpha value is -3.26. The van der Waals surface area contributed by atoms with E-state index in [0.717, 1.165) is 16.5 Å². The van der Waals surface area contributed by atoms with E-state index in [0.29, 0.717) is 24.6 Å². The summed E-state index contributed by atoms with van der Waals surface area (Å²) in [7, 11) is 0. The van der Waals surface area contributed by atoms with E-state index in [4.69, 9.17) is 5.73 Å². The number of carbonyl (C=O) groups excluding carboxylic acids is 1. The van der Waals surface area contributed by atoms with Crippen LogP contribution in [-0.4, -0.2) is 34.1 Å². The zero-order chi connectivity index (χ0) is 17.6. The van der Waals surface area contributed by atoms with Gasteiger partial charge in [-0.05, 0) is 30.5 Å². The predicted octanol–water partition coefficient (Wildman–Crippen LogP) is 2.35. The third-order valence-corrected chi connectivity index (χ3v) is 3.43. The smallest absolute Gasteiger partial charge is 0.326 e. The fraction of sp³-hybridized carbons (Fsp3) is 0.176. The van der Waals surface area contributed by atoms with Gasteiger partial charge in [-0.15, -0.1) is 0 Å². The van der Waals surface area contributed by atoms with Gasteiger partial charge in [0.15, 0.2) is 0 Å². The maximum Gasteiger partial charge on any atom is 0.326 e. The Balaban J connectivity index is 1.70. The van der Waals surface area contributed by atoms with Crippen molar-refractivity contribution in [1.29, 1.82) is 0 Å². The molecule has 3 aromatic rings. The van der Waals surface area contributed by atoms with Crippen LogP contribution in [0, 0.1) is 6.92 Å². The molecule has 2 heterocycles. The minimum absolute atomic E-state index is 0.224. The largest absolute Gasteiger partial charge is 0.369 e. The van der Waals surface area contributed by atoms with Gasteiger partial charge in [0.05, 0.1) is 0 Å². The van der Waals surface area contributed by atoms with Crippen molar-refractivity contribution in [2.75, 3.05) is 29.0 Å². The van der Waals surface area contributed by atoms with E-state index in [2.05, 4.69) is 30.9 Å². The van der Waals surface area contributed by atoms with Crippen LogP contribution in [0.15, 0.2) is 42.7 Å². The van der Waals surface area contributed by atoms with Gasteiger partial charge in [-0.1, -0.05) is 6.07 Å². The van der Waals surface area contributed by atoms with Gasteiger partial charge < -0.3 is 16.4 Å². The molecule has 0 saturated carbocycles. The van der Waals surface area contributed by atoms with Crippen molar-refractivity contribution in [2.45, 2.75) is 6.92 Å². The summed E-state index contributed by atoms with van der Waals surface area (Å²) < 4.78 is 0. The quantitative estimate of drug-likeness (QED) is 0.567. The molecule has 8 heteroatoms. The van der Waals surface area contributed by atoms with E-state index in [-0.39, 0.29) is 5.95 Å². The Morgan fingerprint density at radius 2 is 2.00 bits per heavy atom. The number of aromatic nitrogens is 3. The zero-order valence-corrected chi connectivity index (χ0v) is 13.8. The maximum atomic E-state index is 12.2. The summed E-state index contributed by atoms with van der Waals surface area (Å²) in [6.45, 7) is 2.91. The van der Waals surface area contributed by atoms with Crippen LogP contribution in [-0.2, 0) is 0 Å². The van der Waals surface area contributed by atoms with E-state index in [1.807, 2.05) is 31.2 Å². The lowest BCUT2D eigenvalue weighted by Gasteiger charge is -2.10. The summed E-state index contributed by atoms with van der Waals surface area (Å²) in [6, 6.07) is 8.85. The molecule has 2 amide bonds. The highest BCUT2D eigenvalue weighted by molar-refractivity contribution is 6.00. The van der Waals surface area contributed by atoms with Crippen molar-refractivity contribution >= 4 is 34.3 Å². The summed E-state index contributed by atoms with van der Waals surface area (Å²) in [5.74, 6) is 0.841. The summed E-state index contributed by atoms with van der Waals surface area (Å²) in [6.07, 6.45) is 3.48. The SMILES string of the molecule is Cc1cc(NCCN)nc(NC(=O)Nc2ccc3cnccc3c2)n1. The van der Waals surface area contributed by atoms with Crippen LogP contribution >= 0.6 is 0 Å². The molecule has 0 aliphatic carbocycles. The number of hydrogen-bond acceptors (Lipinski definition) is 6. The zero-order valence-electron chi connectivity index (χ0n) is 13.8. The van der Waals surface area contributed by atoms with Crippen LogP contribution in [0.2, 0.25) is 0 Å².